The van der Waals surface area contributed by atoms with Crippen molar-refractivity contribution in [2.24, 2.45) is 5.92 Å². The maximum absolute atomic E-state index is 12.5. The second-order valence-electron chi connectivity index (χ2n) is 7.67. The van der Waals surface area contributed by atoms with E-state index in [0.717, 1.165) is 10.9 Å². The zero-order valence-corrected chi connectivity index (χ0v) is 16.3. The SMILES string of the molecule is CN(C[C@@H]1CC[N+](C(=O)O)(C(C)(C)C)C1)C(=O)c1ccc(Br)cc1. The summed E-state index contributed by atoms with van der Waals surface area (Å²) in [4.78, 5) is 26.1. The first-order valence-corrected chi connectivity index (χ1v) is 8.98. The molecular formula is C18H26BrN2O3+. The molecule has 1 saturated heterocycles. The standard InChI is InChI=1S/C18H25BrN2O3/c1-18(2,3)21(17(23)24)10-9-13(12-21)11-20(4)16(22)14-5-7-15(19)8-6-14/h5-8,13H,9-12H2,1-4H3/p+1/t13-,21?/m0/s1. The largest absolute Gasteiger partial charge is 0.513 e. The molecule has 1 unspecified atom stereocenters. The van der Waals surface area contributed by atoms with Crippen molar-refractivity contribution in [2.45, 2.75) is 32.7 Å². The predicted octanol–water partition coefficient (Wildman–Crippen LogP) is 3.83. The van der Waals surface area contributed by atoms with Crippen molar-refractivity contribution in [3.63, 3.8) is 0 Å². The quantitative estimate of drug-likeness (QED) is 0.788. The molecule has 0 spiro atoms. The van der Waals surface area contributed by atoms with Crippen LogP contribution in [-0.4, -0.2) is 58.7 Å². The molecule has 0 saturated carbocycles. The van der Waals surface area contributed by atoms with Gasteiger partial charge in [0.05, 0.1) is 13.1 Å². The first-order valence-electron chi connectivity index (χ1n) is 8.18. The van der Waals surface area contributed by atoms with E-state index in [1.165, 1.54) is 0 Å². The Balaban J connectivity index is 2.05. The fourth-order valence-electron chi connectivity index (χ4n) is 3.53. The summed E-state index contributed by atoms with van der Waals surface area (Å²) in [6.45, 7) is 7.68. The highest BCUT2D eigenvalue weighted by molar-refractivity contribution is 9.10. The first-order chi connectivity index (χ1) is 11.1. The summed E-state index contributed by atoms with van der Waals surface area (Å²) >= 11 is 3.36. The van der Waals surface area contributed by atoms with Crippen LogP contribution in [0.2, 0.25) is 0 Å². The van der Waals surface area contributed by atoms with Crippen LogP contribution in [-0.2, 0) is 0 Å². The highest BCUT2D eigenvalue weighted by atomic mass is 79.9. The molecule has 0 aromatic heterocycles. The molecule has 1 aliphatic heterocycles. The van der Waals surface area contributed by atoms with Gasteiger partial charge in [-0.05, 0) is 45.0 Å². The van der Waals surface area contributed by atoms with Crippen LogP contribution in [0.15, 0.2) is 28.7 Å². The minimum atomic E-state index is -0.771. The lowest BCUT2D eigenvalue weighted by Gasteiger charge is -2.40. The normalized spacial score (nSPS) is 24.0. The van der Waals surface area contributed by atoms with E-state index < -0.39 is 6.09 Å². The zero-order valence-electron chi connectivity index (χ0n) is 14.8. The van der Waals surface area contributed by atoms with Crippen LogP contribution >= 0.6 is 15.9 Å². The number of carbonyl (C=O) groups is 2. The molecule has 2 atom stereocenters. The number of quaternary nitrogens is 1. The molecule has 24 heavy (non-hydrogen) atoms. The monoisotopic (exact) mass is 397 g/mol. The van der Waals surface area contributed by atoms with Gasteiger partial charge in [0.1, 0.15) is 5.54 Å². The average molecular weight is 398 g/mol. The maximum atomic E-state index is 12.5. The van der Waals surface area contributed by atoms with Gasteiger partial charge in [-0.1, -0.05) is 15.9 Å². The Labute approximate surface area is 152 Å². The minimum absolute atomic E-state index is 0.0291. The van der Waals surface area contributed by atoms with E-state index in [1.54, 1.807) is 24.1 Å². The maximum Gasteiger partial charge on any atom is 0.513 e. The van der Waals surface area contributed by atoms with Gasteiger partial charge in [-0.25, -0.2) is 4.48 Å². The molecular weight excluding hydrogens is 372 g/mol. The lowest BCUT2D eigenvalue weighted by molar-refractivity contribution is -0.893. The number of halogens is 1. The Hall–Kier alpha value is -1.40. The molecule has 2 rings (SSSR count). The molecule has 1 heterocycles. The number of benzene rings is 1. The summed E-state index contributed by atoms with van der Waals surface area (Å²) in [5, 5.41) is 9.75. The molecule has 0 aliphatic carbocycles. The van der Waals surface area contributed by atoms with Crippen LogP contribution in [0.3, 0.4) is 0 Å². The zero-order chi connectivity index (χ0) is 18.1. The number of rotatable bonds is 3. The summed E-state index contributed by atoms with van der Waals surface area (Å²) in [6.07, 6.45) is 0.0496. The third kappa shape index (κ3) is 3.64. The molecule has 1 aliphatic rings. The summed E-state index contributed by atoms with van der Waals surface area (Å²) in [5.41, 5.74) is 0.294. The van der Waals surface area contributed by atoms with Gasteiger partial charge in [0.25, 0.3) is 5.91 Å². The average Bonchev–Trinajstić information content (AvgIpc) is 2.92. The van der Waals surface area contributed by atoms with Gasteiger partial charge in [0, 0.05) is 36.0 Å². The molecule has 1 aromatic rings. The van der Waals surface area contributed by atoms with E-state index in [4.69, 9.17) is 0 Å². The van der Waals surface area contributed by atoms with Crippen LogP contribution in [0, 0.1) is 5.92 Å². The molecule has 132 valence electrons. The molecule has 1 N–H and O–H groups in total. The number of amides is 2. The van der Waals surface area contributed by atoms with E-state index >= 15 is 0 Å². The van der Waals surface area contributed by atoms with Gasteiger partial charge in [-0.3, -0.25) is 4.79 Å². The summed E-state index contributed by atoms with van der Waals surface area (Å²) in [7, 11) is 1.79. The van der Waals surface area contributed by atoms with Crippen molar-refractivity contribution < 1.29 is 19.2 Å². The van der Waals surface area contributed by atoms with E-state index in [1.807, 2.05) is 32.9 Å². The summed E-state index contributed by atoms with van der Waals surface area (Å²) in [5.74, 6) is 0.170. The summed E-state index contributed by atoms with van der Waals surface area (Å²) < 4.78 is 1.00. The molecule has 1 fully saturated rings. The second-order valence-corrected chi connectivity index (χ2v) is 8.59. The van der Waals surface area contributed by atoms with Crippen molar-refractivity contribution in [1.29, 1.82) is 0 Å². The van der Waals surface area contributed by atoms with E-state index in [0.29, 0.717) is 25.2 Å². The molecule has 5 nitrogen and oxygen atoms in total. The smallest absolute Gasteiger partial charge is 0.435 e. The van der Waals surface area contributed by atoms with Gasteiger partial charge in [0.15, 0.2) is 0 Å². The van der Waals surface area contributed by atoms with Gasteiger partial charge in [-0.2, -0.15) is 4.79 Å². The lowest BCUT2D eigenvalue weighted by Crippen LogP contribution is -2.62. The Kier molecular flexibility index (Phi) is 5.40. The molecule has 0 bridgehead atoms. The van der Waals surface area contributed by atoms with Crippen LogP contribution < -0.4 is 0 Å². The molecule has 6 heteroatoms. The van der Waals surface area contributed by atoms with E-state index in [-0.39, 0.29) is 21.8 Å². The van der Waals surface area contributed by atoms with Crippen molar-refractivity contribution in [1.82, 2.24) is 4.90 Å². The summed E-state index contributed by atoms with van der Waals surface area (Å²) in [6, 6.07) is 7.29. The second kappa shape index (κ2) is 6.84. The molecule has 2 amide bonds. The van der Waals surface area contributed by atoms with Crippen molar-refractivity contribution in [3.8, 4) is 0 Å². The molecule has 1 aromatic carbocycles. The molecule has 0 radical (unpaired) electrons. The predicted molar refractivity (Wildman–Crippen MR) is 97.0 cm³/mol. The number of hydrogen-bond donors (Lipinski definition) is 1. The van der Waals surface area contributed by atoms with E-state index in [2.05, 4.69) is 15.9 Å². The number of hydrogen-bond acceptors (Lipinski definition) is 2. The number of likely N-dealkylation sites (tertiary alicyclic amines) is 1. The first kappa shape index (κ1) is 18.9. The van der Waals surface area contributed by atoms with Crippen LogP contribution in [0.25, 0.3) is 0 Å². The highest BCUT2D eigenvalue weighted by Crippen LogP contribution is 2.34. The van der Waals surface area contributed by atoms with Crippen molar-refractivity contribution in [2.75, 3.05) is 26.7 Å². The fraction of sp³-hybridized carbons (Fsp3) is 0.556. The Bertz CT molecular complexity index is 624. The fourth-order valence-corrected chi connectivity index (χ4v) is 3.79. The third-order valence-corrected chi connectivity index (χ3v) is 5.64. The van der Waals surface area contributed by atoms with E-state index in [9.17, 15) is 14.7 Å². The van der Waals surface area contributed by atoms with Crippen LogP contribution in [0.5, 0.6) is 0 Å². The van der Waals surface area contributed by atoms with Gasteiger partial charge in [-0.15, -0.1) is 0 Å². The van der Waals surface area contributed by atoms with Gasteiger partial charge in [0.2, 0.25) is 0 Å². The van der Waals surface area contributed by atoms with Gasteiger partial charge < -0.3 is 10.0 Å². The Morgan fingerprint density at radius 2 is 1.88 bits per heavy atom. The van der Waals surface area contributed by atoms with Crippen molar-refractivity contribution >= 4 is 27.9 Å². The minimum Gasteiger partial charge on any atom is -0.435 e. The topological polar surface area (TPSA) is 57.6 Å². The number of nitrogens with zero attached hydrogens (tertiary/aromatic N) is 2. The van der Waals surface area contributed by atoms with Crippen LogP contribution in [0.1, 0.15) is 37.6 Å². The van der Waals surface area contributed by atoms with Crippen molar-refractivity contribution in [3.05, 3.63) is 34.3 Å². The Morgan fingerprint density at radius 1 is 1.29 bits per heavy atom. The number of carboxylic acid groups (broad SMARTS) is 1. The Morgan fingerprint density at radius 3 is 2.33 bits per heavy atom. The number of carbonyl (C=O) groups excluding carboxylic acids is 1. The van der Waals surface area contributed by atoms with Crippen LogP contribution in [0.4, 0.5) is 4.79 Å². The third-order valence-electron chi connectivity index (χ3n) is 5.11. The lowest BCUT2D eigenvalue weighted by atomic mass is 10.0. The van der Waals surface area contributed by atoms with Gasteiger partial charge >= 0.3 is 6.09 Å². The highest BCUT2D eigenvalue weighted by Gasteiger charge is 2.53.